The Morgan fingerprint density at radius 3 is 1.70 bits per heavy atom. The first-order valence-corrected chi connectivity index (χ1v) is 23.0. The molecule has 290 valence electrons. The van der Waals surface area contributed by atoms with E-state index >= 15 is 0 Å². The van der Waals surface area contributed by atoms with Gasteiger partial charge in [-0.1, -0.05) is 170 Å². The van der Waals surface area contributed by atoms with Crippen LogP contribution in [0.25, 0.3) is 16.8 Å². The minimum atomic E-state index is -2.87. The van der Waals surface area contributed by atoms with Gasteiger partial charge in [0, 0.05) is 28.1 Å². The summed E-state index contributed by atoms with van der Waals surface area (Å²) in [5.41, 5.74) is 8.40. The summed E-state index contributed by atoms with van der Waals surface area (Å²) in [4.78, 5) is 4.87. The molecule has 0 aliphatic heterocycles. The van der Waals surface area contributed by atoms with E-state index in [4.69, 9.17) is 0 Å². The van der Waals surface area contributed by atoms with E-state index in [1.54, 1.807) is 0 Å². The fourth-order valence-corrected chi connectivity index (χ4v) is 14.2. The van der Waals surface area contributed by atoms with Gasteiger partial charge in [0.1, 0.15) is 5.76 Å². The first kappa shape index (κ1) is 37.1. The highest BCUT2D eigenvalue weighted by molar-refractivity contribution is 7.19. The van der Waals surface area contributed by atoms with Crippen molar-refractivity contribution in [3.63, 3.8) is 0 Å². The van der Waals surface area contributed by atoms with Gasteiger partial charge in [-0.05, 0) is 117 Å². The number of benzene rings is 8. The normalized spacial score (nSPS) is 14.7. The van der Waals surface area contributed by atoms with Crippen LogP contribution in [0.1, 0.15) is 24.0 Å². The van der Waals surface area contributed by atoms with Gasteiger partial charge in [0.2, 0.25) is 0 Å². The molecule has 0 aromatic heterocycles. The Morgan fingerprint density at radius 1 is 0.483 bits per heavy atom. The number of hydrogen-bond donors (Lipinski definition) is 1. The maximum absolute atomic E-state index is 10.3. The summed E-state index contributed by atoms with van der Waals surface area (Å²) in [7, 11) is -2.87. The van der Waals surface area contributed by atoms with Gasteiger partial charge >= 0.3 is 0 Å². The SMILES string of the molecule is OC1=CCC(N(c2ccc([Si](c3ccccc3)(c3ccccc3)c3ccc(N(c4ccccc4)c4cccc5ccccc45)cc3)cc2)c2cccc3c2CCC=C3)C=C1. The highest BCUT2D eigenvalue weighted by Gasteiger charge is 2.41. The first-order chi connectivity index (χ1) is 29.7. The van der Waals surface area contributed by atoms with Gasteiger partial charge in [-0.25, -0.2) is 0 Å². The lowest BCUT2D eigenvalue weighted by Crippen LogP contribution is -2.74. The smallest absolute Gasteiger partial charge is 0.179 e. The van der Waals surface area contributed by atoms with E-state index in [-0.39, 0.29) is 6.04 Å². The minimum Gasteiger partial charge on any atom is -0.508 e. The van der Waals surface area contributed by atoms with Gasteiger partial charge in [-0.2, -0.15) is 0 Å². The Hall–Kier alpha value is -7.14. The predicted octanol–water partition coefficient (Wildman–Crippen LogP) is 11.6. The van der Waals surface area contributed by atoms with E-state index in [0.29, 0.717) is 5.76 Å². The third kappa shape index (κ3) is 6.75. The third-order valence-corrected chi connectivity index (χ3v) is 17.1. The van der Waals surface area contributed by atoms with Crippen LogP contribution in [0.3, 0.4) is 0 Å². The zero-order chi connectivity index (χ0) is 40.3. The molecule has 0 radical (unpaired) electrons. The van der Waals surface area contributed by atoms with Crippen molar-refractivity contribution in [2.45, 2.75) is 25.3 Å². The van der Waals surface area contributed by atoms with Crippen molar-refractivity contribution in [1.29, 1.82) is 0 Å². The molecule has 4 heteroatoms. The number of anilines is 5. The standard InChI is InChI=1S/C56H46N2OSi/c59-48-36-30-45(31-37-48)58(56-29-15-19-43-17-11-13-27-54(43)56)47-34-40-52(41-35-47)60(49-22-6-2-7-23-49,50-24-8-3-9-25-50)51-38-32-46(33-39-51)57(44-20-4-1-5-21-44)55-28-14-18-42-16-10-12-26-53(42)55/h1-12,14-26,28-30,32-41,45,59H,13,27,31H2. The summed E-state index contributed by atoms with van der Waals surface area (Å²) >= 11 is 0. The summed E-state index contributed by atoms with van der Waals surface area (Å²) in [5.74, 6) is 0.330. The molecule has 0 spiro atoms. The van der Waals surface area contributed by atoms with Crippen LogP contribution in [0, 0.1) is 0 Å². The molecule has 0 fully saturated rings. The number of allylic oxidation sites excluding steroid dienone is 2. The summed E-state index contributed by atoms with van der Waals surface area (Å²) in [6.45, 7) is 0. The Morgan fingerprint density at radius 2 is 1.03 bits per heavy atom. The number of aliphatic hydroxyl groups is 1. The van der Waals surface area contributed by atoms with E-state index in [9.17, 15) is 5.11 Å². The van der Waals surface area contributed by atoms with Crippen molar-refractivity contribution in [1.82, 2.24) is 0 Å². The second kappa shape index (κ2) is 16.2. The molecule has 10 rings (SSSR count). The van der Waals surface area contributed by atoms with Crippen LogP contribution in [0.4, 0.5) is 28.4 Å². The van der Waals surface area contributed by atoms with Gasteiger partial charge in [0.15, 0.2) is 8.07 Å². The predicted molar refractivity (Wildman–Crippen MR) is 256 cm³/mol. The molecular formula is C56H46N2OSi. The zero-order valence-corrected chi connectivity index (χ0v) is 34.5. The second-order valence-electron chi connectivity index (χ2n) is 15.7. The molecule has 1 N–H and O–H groups in total. The molecule has 0 saturated heterocycles. The molecular weight excluding hydrogens is 745 g/mol. The monoisotopic (exact) mass is 790 g/mol. The lowest BCUT2D eigenvalue weighted by atomic mass is 9.93. The average Bonchev–Trinajstić information content (AvgIpc) is 3.32. The molecule has 0 heterocycles. The molecule has 0 bridgehead atoms. The maximum Gasteiger partial charge on any atom is 0.179 e. The van der Waals surface area contributed by atoms with Crippen molar-refractivity contribution in [3.8, 4) is 0 Å². The summed E-state index contributed by atoms with van der Waals surface area (Å²) < 4.78 is 0. The lowest BCUT2D eigenvalue weighted by molar-refractivity contribution is 0.425. The number of nitrogens with zero attached hydrogens (tertiary/aromatic N) is 2. The van der Waals surface area contributed by atoms with Crippen LogP contribution >= 0.6 is 0 Å². The Kier molecular flexibility index (Phi) is 10.1. The Balaban J connectivity index is 1.14. The van der Waals surface area contributed by atoms with Crippen LogP contribution in [0.5, 0.6) is 0 Å². The highest BCUT2D eigenvalue weighted by atomic mass is 28.3. The van der Waals surface area contributed by atoms with E-state index < -0.39 is 8.07 Å². The van der Waals surface area contributed by atoms with Crippen molar-refractivity contribution >= 4 is 74.1 Å². The molecule has 2 aliphatic rings. The number of hydrogen-bond acceptors (Lipinski definition) is 3. The van der Waals surface area contributed by atoms with E-state index in [1.165, 1.54) is 48.3 Å². The Bertz CT molecular complexity index is 2800. The molecule has 8 aromatic rings. The van der Waals surface area contributed by atoms with Crippen molar-refractivity contribution in [3.05, 3.63) is 241 Å². The van der Waals surface area contributed by atoms with Crippen molar-refractivity contribution in [2.24, 2.45) is 0 Å². The molecule has 8 aromatic carbocycles. The van der Waals surface area contributed by atoms with E-state index in [0.717, 1.165) is 42.0 Å². The highest BCUT2D eigenvalue weighted by Crippen LogP contribution is 2.40. The van der Waals surface area contributed by atoms with Crippen molar-refractivity contribution in [2.75, 3.05) is 9.80 Å². The van der Waals surface area contributed by atoms with Crippen LogP contribution in [0.2, 0.25) is 0 Å². The molecule has 1 atom stereocenters. The summed E-state index contributed by atoms with van der Waals surface area (Å²) in [6.07, 6.45) is 13.2. The Labute approximate surface area is 354 Å². The maximum atomic E-state index is 10.3. The van der Waals surface area contributed by atoms with Crippen LogP contribution < -0.4 is 30.5 Å². The first-order valence-electron chi connectivity index (χ1n) is 21.0. The van der Waals surface area contributed by atoms with Crippen molar-refractivity contribution < 1.29 is 5.11 Å². The molecule has 60 heavy (non-hydrogen) atoms. The molecule has 0 saturated carbocycles. The summed E-state index contributed by atoms with van der Waals surface area (Å²) in [5, 5.41) is 18.1. The lowest BCUT2D eigenvalue weighted by Gasteiger charge is -2.37. The third-order valence-electron chi connectivity index (χ3n) is 12.3. The second-order valence-corrected chi connectivity index (χ2v) is 19.5. The van der Waals surface area contributed by atoms with Gasteiger partial charge in [-0.3, -0.25) is 0 Å². The molecule has 0 amide bonds. The number of fused-ring (bicyclic) bond motifs is 2. The fraction of sp³-hybridized carbons (Fsp3) is 0.0714. The molecule has 2 aliphatic carbocycles. The van der Waals surface area contributed by atoms with Gasteiger partial charge in [0.05, 0.1) is 11.7 Å². The van der Waals surface area contributed by atoms with E-state index in [2.05, 4.69) is 228 Å². The average molecular weight is 791 g/mol. The fourth-order valence-electron chi connectivity index (χ4n) is 9.50. The summed E-state index contributed by atoms with van der Waals surface area (Å²) in [6, 6.07) is 73.8. The topological polar surface area (TPSA) is 26.7 Å². The molecule has 1 unspecified atom stereocenters. The van der Waals surface area contributed by atoms with Crippen LogP contribution in [-0.2, 0) is 6.42 Å². The van der Waals surface area contributed by atoms with Gasteiger partial charge in [-0.15, -0.1) is 0 Å². The van der Waals surface area contributed by atoms with Crippen LogP contribution in [-0.4, -0.2) is 19.2 Å². The number of rotatable bonds is 10. The quantitative estimate of drug-likeness (QED) is 0.110. The minimum absolute atomic E-state index is 0.0660. The number of aliphatic hydroxyl groups excluding tert-OH is 1. The van der Waals surface area contributed by atoms with Gasteiger partial charge < -0.3 is 14.9 Å². The van der Waals surface area contributed by atoms with E-state index in [1.807, 2.05) is 12.2 Å². The van der Waals surface area contributed by atoms with Gasteiger partial charge in [0.25, 0.3) is 0 Å². The molecule has 3 nitrogen and oxygen atoms in total. The largest absolute Gasteiger partial charge is 0.508 e. The zero-order valence-electron chi connectivity index (χ0n) is 33.5. The van der Waals surface area contributed by atoms with Crippen LogP contribution in [0.15, 0.2) is 230 Å². The number of para-hydroxylation sites is 1.